The Labute approximate surface area is 131 Å². The second-order valence-electron chi connectivity index (χ2n) is 6.02. The van der Waals surface area contributed by atoms with Crippen LogP contribution in [0.1, 0.15) is 46.0 Å². The van der Waals surface area contributed by atoms with E-state index in [0.717, 1.165) is 13.0 Å². The van der Waals surface area contributed by atoms with Crippen LogP contribution in [0.15, 0.2) is 24.3 Å². The summed E-state index contributed by atoms with van der Waals surface area (Å²) in [5, 5.41) is 5.04. The number of aryl methyl sites for hydroxylation is 2. The molecular weight excluding hydrogens is 276 g/mol. The van der Waals surface area contributed by atoms with E-state index in [9.17, 15) is 0 Å². The highest BCUT2D eigenvalue weighted by Crippen LogP contribution is 2.38. The summed E-state index contributed by atoms with van der Waals surface area (Å²) in [6.45, 7) is 7.61. The van der Waals surface area contributed by atoms with Crippen LogP contribution in [0.2, 0.25) is 0 Å². The molecular formula is C18H24N2S. The van der Waals surface area contributed by atoms with E-state index >= 15 is 0 Å². The second kappa shape index (κ2) is 6.29. The van der Waals surface area contributed by atoms with E-state index in [4.69, 9.17) is 4.98 Å². The van der Waals surface area contributed by atoms with Gasteiger partial charge in [0.25, 0.3) is 0 Å². The summed E-state index contributed by atoms with van der Waals surface area (Å²) in [7, 11) is 0. The van der Waals surface area contributed by atoms with Gasteiger partial charge in [0.15, 0.2) is 0 Å². The predicted octanol–water partition coefficient (Wildman–Crippen LogP) is 4.01. The van der Waals surface area contributed by atoms with Crippen molar-refractivity contribution in [2.24, 2.45) is 0 Å². The molecule has 1 N–H and O–H groups in total. The summed E-state index contributed by atoms with van der Waals surface area (Å²) in [6, 6.07) is 9.39. The minimum Gasteiger partial charge on any atom is -0.313 e. The monoisotopic (exact) mass is 300 g/mol. The van der Waals surface area contributed by atoms with Crippen molar-refractivity contribution in [3.05, 3.63) is 51.0 Å². The molecule has 2 unspecified atom stereocenters. The fourth-order valence-electron chi connectivity index (χ4n) is 3.16. The van der Waals surface area contributed by atoms with Crippen molar-refractivity contribution in [1.29, 1.82) is 0 Å². The molecule has 0 aliphatic heterocycles. The van der Waals surface area contributed by atoms with Gasteiger partial charge in [0, 0.05) is 23.3 Å². The van der Waals surface area contributed by atoms with Crippen LogP contribution in [0.4, 0.5) is 0 Å². The number of aromatic nitrogens is 1. The number of rotatable bonds is 6. The Kier molecular flexibility index (Phi) is 4.41. The van der Waals surface area contributed by atoms with Gasteiger partial charge in [-0.15, -0.1) is 11.3 Å². The molecule has 1 aromatic heterocycles. The van der Waals surface area contributed by atoms with Crippen LogP contribution in [-0.2, 0) is 12.8 Å². The van der Waals surface area contributed by atoms with Crippen LogP contribution < -0.4 is 5.32 Å². The SMILES string of the molecule is CCCNC(Cc1nc(C)c(C)s1)C1Cc2ccccc21. The van der Waals surface area contributed by atoms with Crippen LogP contribution >= 0.6 is 11.3 Å². The fourth-order valence-corrected chi connectivity index (χ4v) is 4.15. The number of hydrogen-bond acceptors (Lipinski definition) is 3. The van der Waals surface area contributed by atoms with Gasteiger partial charge in [-0.25, -0.2) is 4.98 Å². The minimum atomic E-state index is 0.518. The van der Waals surface area contributed by atoms with E-state index < -0.39 is 0 Å². The molecule has 0 saturated carbocycles. The van der Waals surface area contributed by atoms with Crippen LogP contribution in [0.3, 0.4) is 0 Å². The highest BCUT2D eigenvalue weighted by molar-refractivity contribution is 7.11. The lowest BCUT2D eigenvalue weighted by Crippen LogP contribution is -2.41. The first kappa shape index (κ1) is 14.7. The van der Waals surface area contributed by atoms with Gasteiger partial charge in [0.1, 0.15) is 0 Å². The summed E-state index contributed by atoms with van der Waals surface area (Å²) in [5.74, 6) is 0.650. The maximum atomic E-state index is 4.73. The summed E-state index contributed by atoms with van der Waals surface area (Å²) in [6.07, 6.45) is 3.44. The Bertz CT molecular complexity index is 598. The minimum absolute atomic E-state index is 0.518. The fraction of sp³-hybridized carbons (Fsp3) is 0.500. The zero-order chi connectivity index (χ0) is 14.8. The van der Waals surface area contributed by atoms with Gasteiger partial charge < -0.3 is 5.32 Å². The molecule has 3 heteroatoms. The first-order chi connectivity index (χ1) is 10.2. The number of nitrogens with zero attached hydrogens (tertiary/aromatic N) is 1. The molecule has 0 saturated heterocycles. The van der Waals surface area contributed by atoms with Gasteiger partial charge in [-0.1, -0.05) is 31.2 Å². The molecule has 0 radical (unpaired) electrons. The molecule has 0 fully saturated rings. The van der Waals surface area contributed by atoms with Crippen molar-refractivity contribution in [2.45, 2.75) is 52.0 Å². The molecule has 3 rings (SSSR count). The van der Waals surface area contributed by atoms with E-state index in [0.29, 0.717) is 12.0 Å². The summed E-state index contributed by atoms with van der Waals surface area (Å²) in [4.78, 5) is 6.09. The molecule has 1 aliphatic rings. The van der Waals surface area contributed by atoms with Crippen molar-refractivity contribution in [3.63, 3.8) is 0 Å². The highest BCUT2D eigenvalue weighted by atomic mass is 32.1. The van der Waals surface area contributed by atoms with Crippen LogP contribution in [0, 0.1) is 13.8 Å². The first-order valence-electron chi connectivity index (χ1n) is 7.93. The third-order valence-corrected chi connectivity index (χ3v) is 5.60. The Balaban J connectivity index is 1.76. The Morgan fingerprint density at radius 1 is 1.33 bits per heavy atom. The molecule has 2 aromatic rings. The number of benzene rings is 1. The molecule has 1 aromatic carbocycles. The van der Waals surface area contributed by atoms with Crippen LogP contribution in [-0.4, -0.2) is 17.6 Å². The highest BCUT2D eigenvalue weighted by Gasteiger charge is 2.32. The Hall–Kier alpha value is -1.19. The third kappa shape index (κ3) is 3.04. The first-order valence-corrected chi connectivity index (χ1v) is 8.74. The maximum Gasteiger partial charge on any atom is 0.0946 e. The van der Waals surface area contributed by atoms with E-state index in [1.165, 1.54) is 39.5 Å². The topological polar surface area (TPSA) is 24.9 Å². The largest absolute Gasteiger partial charge is 0.313 e. The molecule has 2 nitrogen and oxygen atoms in total. The van der Waals surface area contributed by atoms with E-state index in [2.05, 4.69) is 50.4 Å². The number of fused-ring (bicyclic) bond motifs is 1. The van der Waals surface area contributed by atoms with Gasteiger partial charge in [0.05, 0.1) is 10.7 Å². The normalized spacial score (nSPS) is 18.1. The van der Waals surface area contributed by atoms with Gasteiger partial charge in [-0.05, 0) is 44.4 Å². The molecule has 0 bridgehead atoms. The van der Waals surface area contributed by atoms with E-state index in [1.54, 1.807) is 0 Å². The smallest absolute Gasteiger partial charge is 0.0946 e. The molecule has 1 aliphatic carbocycles. The standard InChI is InChI=1S/C18H24N2S/c1-4-9-19-17(11-18-20-12(2)13(3)21-18)16-10-14-7-5-6-8-15(14)16/h5-8,16-17,19H,4,9-11H2,1-3H3. The lowest BCUT2D eigenvalue weighted by Gasteiger charge is -2.37. The Morgan fingerprint density at radius 2 is 2.14 bits per heavy atom. The van der Waals surface area contributed by atoms with Crippen LogP contribution in [0.25, 0.3) is 0 Å². The van der Waals surface area contributed by atoms with Gasteiger partial charge >= 0.3 is 0 Å². The van der Waals surface area contributed by atoms with Gasteiger partial charge in [-0.3, -0.25) is 0 Å². The number of nitrogens with one attached hydrogen (secondary N) is 1. The third-order valence-electron chi connectivity index (χ3n) is 4.50. The number of thiazole rings is 1. The molecule has 0 spiro atoms. The lowest BCUT2D eigenvalue weighted by atomic mass is 9.72. The van der Waals surface area contributed by atoms with Crippen molar-refractivity contribution in [3.8, 4) is 0 Å². The molecule has 21 heavy (non-hydrogen) atoms. The predicted molar refractivity (Wildman–Crippen MR) is 90.3 cm³/mol. The van der Waals surface area contributed by atoms with Gasteiger partial charge in [-0.2, -0.15) is 0 Å². The maximum absolute atomic E-state index is 4.73. The van der Waals surface area contributed by atoms with E-state index in [-0.39, 0.29) is 0 Å². The van der Waals surface area contributed by atoms with E-state index in [1.807, 2.05) is 11.3 Å². The second-order valence-corrected chi connectivity index (χ2v) is 7.31. The molecule has 2 atom stereocenters. The lowest BCUT2D eigenvalue weighted by molar-refractivity contribution is 0.397. The summed E-state index contributed by atoms with van der Waals surface area (Å²) < 4.78 is 0. The van der Waals surface area contributed by atoms with Crippen molar-refractivity contribution in [1.82, 2.24) is 10.3 Å². The summed E-state index contributed by atoms with van der Waals surface area (Å²) >= 11 is 1.86. The zero-order valence-electron chi connectivity index (χ0n) is 13.1. The van der Waals surface area contributed by atoms with Crippen molar-refractivity contribution < 1.29 is 0 Å². The van der Waals surface area contributed by atoms with Crippen molar-refractivity contribution in [2.75, 3.05) is 6.54 Å². The van der Waals surface area contributed by atoms with Crippen molar-refractivity contribution >= 4 is 11.3 Å². The van der Waals surface area contributed by atoms with Crippen LogP contribution in [0.5, 0.6) is 0 Å². The molecule has 112 valence electrons. The van der Waals surface area contributed by atoms with Gasteiger partial charge in [0.2, 0.25) is 0 Å². The number of hydrogen-bond donors (Lipinski definition) is 1. The Morgan fingerprint density at radius 3 is 2.81 bits per heavy atom. The quantitative estimate of drug-likeness (QED) is 0.872. The zero-order valence-corrected chi connectivity index (χ0v) is 14.0. The molecule has 0 amide bonds. The molecule has 1 heterocycles. The average Bonchev–Trinajstić information content (AvgIpc) is 2.76. The summed E-state index contributed by atoms with van der Waals surface area (Å²) in [5.41, 5.74) is 4.26. The average molecular weight is 300 g/mol.